The molecule has 0 aliphatic carbocycles. The predicted molar refractivity (Wildman–Crippen MR) is 107 cm³/mol. The molecule has 0 spiro atoms. The summed E-state index contributed by atoms with van der Waals surface area (Å²) in [6.45, 7) is 2.07. The number of hydrogen-bond donors (Lipinski definition) is 3. The van der Waals surface area contributed by atoms with E-state index >= 15 is 0 Å². The van der Waals surface area contributed by atoms with Gasteiger partial charge in [0.25, 0.3) is 0 Å². The van der Waals surface area contributed by atoms with Crippen molar-refractivity contribution < 1.29 is 29.3 Å². The fourth-order valence-electron chi connectivity index (χ4n) is 3.04. The molecule has 3 N–H and O–H groups in total. The number of carboxylic acids is 1. The van der Waals surface area contributed by atoms with Gasteiger partial charge in [-0.1, -0.05) is 50.1 Å². The van der Waals surface area contributed by atoms with Gasteiger partial charge in [0.2, 0.25) is 0 Å². The Balaban J connectivity index is 2.17. The first kappa shape index (κ1) is 21.9. The molecule has 2 atom stereocenters. The molecule has 6 nitrogen and oxygen atoms in total. The van der Waals surface area contributed by atoms with Gasteiger partial charge in [-0.05, 0) is 25.3 Å². The Labute approximate surface area is 164 Å². The van der Waals surface area contributed by atoms with Gasteiger partial charge >= 0.3 is 5.97 Å². The number of para-hydroxylation sites is 1. The van der Waals surface area contributed by atoms with E-state index in [9.17, 15) is 19.8 Å². The summed E-state index contributed by atoms with van der Waals surface area (Å²) in [4.78, 5) is 23.1. The fourth-order valence-corrected chi connectivity index (χ4v) is 3.04. The van der Waals surface area contributed by atoms with E-state index in [1.807, 2.05) is 18.2 Å². The number of furan rings is 1. The van der Waals surface area contributed by atoms with Crippen molar-refractivity contribution in [3.05, 3.63) is 41.7 Å². The fraction of sp³-hybridized carbons (Fsp3) is 0.455. The summed E-state index contributed by atoms with van der Waals surface area (Å²) in [7, 11) is 0. The summed E-state index contributed by atoms with van der Waals surface area (Å²) in [6, 6.07) is 7.30. The minimum atomic E-state index is -1.16. The van der Waals surface area contributed by atoms with Crippen molar-refractivity contribution >= 4 is 28.8 Å². The van der Waals surface area contributed by atoms with Crippen LogP contribution in [0.1, 0.15) is 68.0 Å². The number of carboxylic acid groups (broad SMARTS) is 1. The van der Waals surface area contributed by atoms with Gasteiger partial charge in [-0.2, -0.15) is 0 Å². The molecule has 6 heteroatoms. The smallest absolute Gasteiger partial charge is 0.303 e. The molecule has 0 radical (unpaired) electrons. The topological polar surface area (TPSA) is 108 Å². The number of carbonyl (C=O) groups is 2. The van der Waals surface area contributed by atoms with Crippen LogP contribution in [0.5, 0.6) is 0 Å². The number of hydrogen-bond acceptors (Lipinski definition) is 5. The molecule has 1 heterocycles. The highest BCUT2D eigenvalue weighted by molar-refractivity contribution is 6.03. The predicted octanol–water partition coefficient (Wildman–Crippen LogP) is 4.19. The lowest BCUT2D eigenvalue weighted by Crippen LogP contribution is -2.23. The first-order valence-electron chi connectivity index (χ1n) is 9.74. The third-order valence-electron chi connectivity index (χ3n) is 4.64. The molecule has 0 saturated carbocycles. The quantitative estimate of drug-likeness (QED) is 0.372. The summed E-state index contributed by atoms with van der Waals surface area (Å²) in [6.07, 6.45) is 4.36. The lowest BCUT2D eigenvalue weighted by Gasteiger charge is -2.13. The average Bonchev–Trinajstić information content (AvgIpc) is 3.04. The number of carbonyl (C=O) groups excluding carboxylic acids is 1. The number of rotatable bonds is 12. The van der Waals surface area contributed by atoms with Crippen LogP contribution in [0.2, 0.25) is 0 Å². The van der Waals surface area contributed by atoms with Gasteiger partial charge in [0, 0.05) is 23.8 Å². The number of fused-ring (bicyclic) bond motifs is 1. The summed E-state index contributed by atoms with van der Waals surface area (Å²) in [5.41, 5.74) is 1.19. The Kier molecular flexibility index (Phi) is 8.42. The third kappa shape index (κ3) is 6.04. The van der Waals surface area contributed by atoms with Gasteiger partial charge in [-0.3, -0.25) is 9.59 Å². The van der Waals surface area contributed by atoms with Crippen molar-refractivity contribution in [1.29, 1.82) is 0 Å². The van der Waals surface area contributed by atoms with Crippen molar-refractivity contribution in [2.75, 3.05) is 0 Å². The highest BCUT2D eigenvalue weighted by atomic mass is 16.4. The Morgan fingerprint density at radius 1 is 1.11 bits per heavy atom. The number of aliphatic carboxylic acids is 1. The molecule has 0 bridgehead atoms. The average molecular weight is 388 g/mol. The Morgan fingerprint density at radius 2 is 1.86 bits per heavy atom. The molecule has 0 aliphatic heterocycles. The van der Waals surface area contributed by atoms with Gasteiger partial charge < -0.3 is 19.7 Å². The molecule has 0 fully saturated rings. The third-order valence-corrected chi connectivity index (χ3v) is 4.64. The van der Waals surface area contributed by atoms with Crippen LogP contribution in [-0.2, 0) is 4.79 Å². The Morgan fingerprint density at radius 3 is 2.57 bits per heavy atom. The van der Waals surface area contributed by atoms with Crippen LogP contribution < -0.4 is 0 Å². The molecule has 2 rings (SSSR count). The molecular formula is C22H28O6. The summed E-state index contributed by atoms with van der Waals surface area (Å²) in [5.74, 6) is -0.754. The van der Waals surface area contributed by atoms with Gasteiger partial charge in [-0.15, -0.1) is 0 Å². The molecule has 0 amide bonds. The molecule has 0 aliphatic rings. The maximum Gasteiger partial charge on any atom is 0.303 e. The lowest BCUT2D eigenvalue weighted by atomic mass is 10.0. The zero-order valence-corrected chi connectivity index (χ0v) is 16.1. The lowest BCUT2D eigenvalue weighted by molar-refractivity contribution is -0.137. The van der Waals surface area contributed by atoms with Crippen LogP contribution in [-0.4, -0.2) is 39.3 Å². The van der Waals surface area contributed by atoms with Crippen molar-refractivity contribution in [1.82, 2.24) is 0 Å². The van der Waals surface area contributed by atoms with E-state index in [1.54, 1.807) is 12.1 Å². The normalized spacial score (nSPS) is 13.8. The van der Waals surface area contributed by atoms with Gasteiger partial charge in [0.1, 0.15) is 5.58 Å². The van der Waals surface area contributed by atoms with E-state index in [0.717, 1.165) is 24.6 Å². The highest BCUT2D eigenvalue weighted by Crippen LogP contribution is 2.29. The second-order valence-electron chi connectivity index (χ2n) is 6.92. The number of aliphatic hydroxyl groups excluding tert-OH is 2. The monoisotopic (exact) mass is 388 g/mol. The van der Waals surface area contributed by atoms with Crippen LogP contribution in [0, 0.1) is 0 Å². The second-order valence-corrected chi connectivity index (χ2v) is 6.92. The van der Waals surface area contributed by atoms with E-state index in [4.69, 9.17) is 9.52 Å². The minimum Gasteiger partial charge on any atom is -0.481 e. The number of unbranched alkanes of at least 4 members (excludes halogenated alkanes) is 2. The van der Waals surface area contributed by atoms with Crippen LogP contribution in [0.4, 0.5) is 0 Å². The van der Waals surface area contributed by atoms with E-state index in [-0.39, 0.29) is 30.8 Å². The number of benzene rings is 1. The molecule has 28 heavy (non-hydrogen) atoms. The maximum atomic E-state index is 12.6. The molecule has 1 aromatic heterocycles. The number of aliphatic hydroxyl groups is 2. The summed E-state index contributed by atoms with van der Waals surface area (Å²) >= 11 is 0. The van der Waals surface area contributed by atoms with E-state index in [1.165, 1.54) is 6.08 Å². The van der Waals surface area contributed by atoms with E-state index in [0.29, 0.717) is 17.6 Å². The van der Waals surface area contributed by atoms with Gasteiger partial charge in [0.05, 0.1) is 12.2 Å². The minimum absolute atomic E-state index is 0.0593. The van der Waals surface area contributed by atoms with Crippen molar-refractivity contribution in [3.8, 4) is 0 Å². The Bertz CT molecular complexity index is 820. The first-order chi connectivity index (χ1) is 13.4. The molecule has 152 valence electrons. The largest absolute Gasteiger partial charge is 0.481 e. The van der Waals surface area contributed by atoms with Crippen molar-refractivity contribution in [3.63, 3.8) is 0 Å². The number of Topliss-reactive ketones (excluding diaryl/α,β-unsaturated/α-hetero) is 1. The summed E-state index contributed by atoms with van der Waals surface area (Å²) in [5, 5.41) is 29.6. The molecule has 1 aromatic carbocycles. The van der Waals surface area contributed by atoms with Crippen molar-refractivity contribution in [2.24, 2.45) is 0 Å². The van der Waals surface area contributed by atoms with Crippen molar-refractivity contribution in [2.45, 2.75) is 64.1 Å². The van der Waals surface area contributed by atoms with E-state index in [2.05, 4.69) is 6.92 Å². The standard InChI is InChI=1S/C22H28O6/c1-2-3-4-9-19(25)22-16(15-8-5-6-11-20(15)28-22)13-14-18(24)17(23)10-7-12-21(26)27/h5-6,8,11,13-14,17-18,23-24H,2-4,7,9-10,12H2,1H3,(H,26,27)/b14-13+. The van der Waals surface area contributed by atoms with Gasteiger partial charge in [-0.25, -0.2) is 0 Å². The van der Waals surface area contributed by atoms with Crippen LogP contribution in [0.15, 0.2) is 34.8 Å². The highest BCUT2D eigenvalue weighted by Gasteiger charge is 2.19. The van der Waals surface area contributed by atoms with Crippen LogP contribution in [0.25, 0.3) is 17.0 Å². The molecular weight excluding hydrogens is 360 g/mol. The molecule has 2 unspecified atom stereocenters. The molecule has 2 aromatic rings. The first-order valence-corrected chi connectivity index (χ1v) is 9.74. The van der Waals surface area contributed by atoms with E-state index < -0.39 is 18.2 Å². The van der Waals surface area contributed by atoms with Gasteiger partial charge in [0.15, 0.2) is 11.5 Å². The zero-order valence-electron chi connectivity index (χ0n) is 16.1. The zero-order chi connectivity index (χ0) is 20.5. The molecule has 0 saturated heterocycles. The second kappa shape index (κ2) is 10.8. The Hall–Kier alpha value is -2.44. The number of ketones is 1. The summed E-state index contributed by atoms with van der Waals surface area (Å²) < 4.78 is 5.77. The van der Waals surface area contributed by atoms with Crippen LogP contribution in [0.3, 0.4) is 0 Å². The SMILES string of the molecule is CCCCCC(=O)c1oc2ccccc2c1/C=C/C(O)C(O)CCCC(=O)O. The maximum absolute atomic E-state index is 12.6. The van der Waals surface area contributed by atoms with Crippen LogP contribution >= 0.6 is 0 Å².